The van der Waals surface area contributed by atoms with Crippen molar-refractivity contribution < 1.29 is 8.42 Å². The fourth-order valence-corrected chi connectivity index (χ4v) is 4.48. The molecule has 2 aliphatic rings. The molecule has 2 saturated heterocycles. The van der Waals surface area contributed by atoms with Gasteiger partial charge in [0.15, 0.2) is 9.84 Å². The summed E-state index contributed by atoms with van der Waals surface area (Å²) in [4.78, 5) is 0. The third kappa shape index (κ3) is 4.56. The number of nitrogens with one attached hydrogen (secondary N) is 2. The summed E-state index contributed by atoms with van der Waals surface area (Å²) < 4.78 is 23.0. The van der Waals surface area contributed by atoms with Crippen molar-refractivity contribution >= 4 is 9.84 Å². The molecule has 0 aromatic rings. The van der Waals surface area contributed by atoms with Crippen LogP contribution in [0.25, 0.3) is 0 Å². The van der Waals surface area contributed by atoms with Gasteiger partial charge in [-0.1, -0.05) is 0 Å². The SMILES string of the molecule is O=S1(=O)CCCC(NCC2CCCNCC2)C1. The van der Waals surface area contributed by atoms with E-state index in [1.165, 1.54) is 19.3 Å². The van der Waals surface area contributed by atoms with Gasteiger partial charge in [0.1, 0.15) is 0 Å². The van der Waals surface area contributed by atoms with Crippen molar-refractivity contribution in [3.8, 4) is 0 Å². The van der Waals surface area contributed by atoms with Gasteiger partial charge in [-0.05, 0) is 57.7 Å². The zero-order valence-corrected chi connectivity index (χ0v) is 11.3. The maximum Gasteiger partial charge on any atom is 0.151 e. The molecule has 2 fully saturated rings. The summed E-state index contributed by atoms with van der Waals surface area (Å²) in [6.07, 6.45) is 5.57. The van der Waals surface area contributed by atoms with Crippen molar-refractivity contribution in [3.05, 3.63) is 0 Å². The van der Waals surface area contributed by atoms with Gasteiger partial charge >= 0.3 is 0 Å². The van der Waals surface area contributed by atoms with Gasteiger partial charge in [-0.25, -0.2) is 8.42 Å². The molecule has 0 aromatic heterocycles. The molecule has 2 unspecified atom stereocenters. The Kier molecular flexibility index (Phi) is 4.82. The topological polar surface area (TPSA) is 58.2 Å². The molecular formula is C12H24N2O2S. The minimum absolute atomic E-state index is 0.199. The van der Waals surface area contributed by atoms with Crippen LogP contribution in [0.15, 0.2) is 0 Å². The van der Waals surface area contributed by atoms with Gasteiger partial charge in [-0.2, -0.15) is 0 Å². The second kappa shape index (κ2) is 6.16. The molecule has 0 saturated carbocycles. The summed E-state index contributed by atoms with van der Waals surface area (Å²) in [7, 11) is -2.77. The standard InChI is InChI=1S/C12H24N2O2S/c15-17(16)8-2-4-12(10-17)14-9-11-3-1-6-13-7-5-11/h11-14H,1-10H2. The van der Waals surface area contributed by atoms with E-state index in [4.69, 9.17) is 0 Å². The van der Waals surface area contributed by atoms with Gasteiger partial charge in [0.2, 0.25) is 0 Å². The summed E-state index contributed by atoms with van der Waals surface area (Å²) in [5, 5.41) is 6.87. The van der Waals surface area contributed by atoms with Crippen LogP contribution in [0, 0.1) is 5.92 Å². The molecule has 100 valence electrons. The first-order valence-corrected chi connectivity index (χ1v) is 8.62. The lowest BCUT2D eigenvalue weighted by Gasteiger charge is -2.25. The van der Waals surface area contributed by atoms with Gasteiger partial charge in [-0.3, -0.25) is 0 Å². The van der Waals surface area contributed by atoms with Crippen LogP contribution in [-0.4, -0.2) is 45.6 Å². The smallest absolute Gasteiger partial charge is 0.151 e. The van der Waals surface area contributed by atoms with Gasteiger partial charge in [0.25, 0.3) is 0 Å². The van der Waals surface area contributed by atoms with E-state index in [2.05, 4.69) is 10.6 Å². The van der Waals surface area contributed by atoms with Crippen molar-refractivity contribution in [3.63, 3.8) is 0 Å². The average Bonchev–Trinajstić information content (AvgIpc) is 2.53. The van der Waals surface area contributed by atoms with Crippen LogP contribution in [0.1, 0.15) is 32.1 Å². The predicted octanol–water partition coefficient (Wildman–Crippen LogP) is 0.543. The van der Waals surface area contributed by atoms with Crippen molar-refractivity contribution in [2.45, 2.75) is 38.1 Å². The summed E-state index contributed by atoms with van der Waals surface area (Å²) in [6.45, 7) is 3.23. The Morgan fingerprint density at radius 1 is 1.12 bits per heavy atom. The second-order valence-corrected chi connectivity index (χ2v) is 7.64. The highest BCUT2D eigenvalue weighted by Gasteiger charge is 2.25. The third-order valence-corrected chi connectivity index (χ3v) is 5.67. The highest BCUT2D eigenvalue weighted by Crippen LogP contribution is 2.15. The first-order chi connectivity index (χ1) is 8.16. The highest BCUT2D eigenvalue weighted by atomic mass is 32.2. The minimum Gasteiger partial charge on any atom is -0.317 e. The maximum atomic E-state index is 11.5. The van der Waals surface area contributed by atoms with Crippen LogP contribution in [0.4, 0.5) is 0 Å². The van der Waals surface area contributed by atoms with Crippen LogP contribution in [0.3, 0.4) is 0 Å². The van der Waals surface area contributed by atoms with Crippen molar-refractivity contribution in [2.75, 3.05) is 31.1 Å². The molecule has 5 heteroatoms. The van der Waals surface area contributed by atoms with E-state index in [-0.39, 0.29) is 6.04 Å². The Morgan fingerprint density at radius 2 is 2.00 bits per heavy atom. The molecule has 0 bridgehead atoms. The fourth-order valence-electron chi connectivity index (χ4n) is 2.81. The monoisotopic (exact) mass is 260 g/mol. The van der Waals surface area contributed by atoms with E-state index in [0.29, 0.717) is 11.5 Å². The molecule has 0 aromatic carbocycles. The van der Waals surface area contributed by atoms with Crippen molar-refractivity contribution in [1.29, 1.82) is 0 Å². The summed E-state index contributed by atoms with van der Waals surface area (Å²) in [5.41, 5.74) is 0. The van der Waals surface area contributed by atoms with E-state index in [9.17, 15) is 8.42 Å². The highest BCUT2D eigenvalue weighted by molar-refractivity contribution is 7.91. The predicted molar refractivity (Wildman–Crippen MR) is 69.9 cm³/mol. The quantitative estimate of drug-likeness (QED) is 0.778. The Balaban J connectivity index is 1.73. The van der Waals surface area contributed by atoms with E-state index < -0.39 is 9.84 Å². The third-order valence-electron chi connectivity index (χ3n) is 3.85. The number of hydrogen-bond donors (Lipinski definition) is 2. The summed E-state index contributed by atoms with van der Waals surface area (Å²) in [6, 6.07) is 0.199. The molecule has 2 heterocycles. The fraction of sp³-hybridized carbons (Fsp3) is 1.00. The molecule has 0 amide bonds. The van der Waals surface area contributed by atoms with Crippen LogP contribution in [0.2, 0.25) is 0 Å². The molecule has 17 heavy (non-hydrogen) atoms. The molecule has 2 rings (SSSR count). The van der Waals surface area contributed by atoms with Crippen LogP contribution >= 0.6 is 0 Å². The van der Waals surface area contributed by atoms with Crippen molar-refractivity contribution in [2.24, 2.45) is 5.92 Å². The van der Waals surface area contributed by atoms with E-state index in [1.807, 2.05) is 0 Å². The molecule has 0 aliphatic carbocycles. The van der Waals surface area contributed by atoms with Crippen molar-refractivity contribution in [1.82, 2.24) is 10.6 Å². The summed E-state index contributed by atoms with van der Waals surface area (Å²) >= 11 is 0. The van der Waals surface area contributed by atoms with Gasteiger partial charge in [-0.15, -0.1) is 0 Å². The zero-order valence-electron chi connectivity index (χ0n) is 10.5. The van der Waals surface area contributed by atoms with E-state index >= 15 is 0 Å². The Labute approximate surface area is 104 Å². The Morgan fingerprint density at radius 3 is 2.82 bits per heavy atom. The molecule has 4 nitrogen and oxygen atoms in total. The Bertz CT molecular complexity index is 321. The van der Waals surface area contributed by atoms with Crippen LogP contribution < -0.4 is 10.6 Å². The van der Waals surface area contributed by atoms with Gasteiger partial charge in [0.05, 0.1) is 11.5 Å². The average molecular weight is 260 g/mol. The Hall–Kier alpha value is -0.130. The second-order valence-electron chi connectivity index (χ2n) is 5.41. The molecule has 2 atom stereocenters. The lowest BCUT2D eigenvalue weighted by molar-refractivity contribution is 0.391. The van der Waals surface area contributed by atoms with Gasteiger partial charge in [0, 0.05) is 6.04 Å². The number of rotatable bonds is 3. The number of hydrogen-bond acceptors (Lipinski definition) is 4. The number of sulfone groups is 1. The molecule has 0 spiro atoms. The lowest BCUT2D eigenvalue weighted by atomic mass is 10.00. The molecular weight excluding hydrogens is 236 g/mol. The minimum atomic E-state index is -2.77. The van der Waals surface area contributed by atoms with Gasteiger partial charge < -0.3 is 10.6 Å². The van der Waals surface area contributed by atoms with Crippen LogP contribution in [0.5, 0.6) is 0 Å². The lowest BCUT2D eigenvalue weighted by Crippen LogP contribution is -2.42. The first kappa shape index (κ1) is 13.3. The molecule has 2 N–H and O–H groups in total. The zero-order chi connectivity index (χ0) is 12.1. The normalized spacial score (nSPS) is 34.1. The first-order valence-electron chi connectivity index (χ1n) is 6.80. The summed E-state index contributed by atoms with van der Waals surface area (Å²) in [5.74, 6) is 1.45. The largest absolute Gasteiger partial charge is 0.317 e. The van der Waals surface area contributed by atoms with E-state index in [0.717, 1.165) is 38.4 Å². The van der Waals surface area contributed by atoms with Crippen LogP contribution in [-0.2, 0) is 9.84 Å². The molecule has 0 radical (unpaired) electrons. The van der Waals surface area contributed by atoms with E-state index in [1.54, 1.807) is 0 Å². The molecule has 2 aliphatic heterocycles. The maximum absolute atomic E-state index is 11.5.